The summed E-state index contributed by atoms with van der Waals surface area (Å²) in [6, 6.07) is 7.61. The summed E-state index contributed by atoms with van der Waals surface area (Å²) in [6.07, 6.45) is 4.97. The van der Waals surface area contributed by atoms with Crippen LogP contribution in [0.15, 0.2) is 35.4 Å². The third-order valence-corrected chi connectivity index (χ3v) is 5.89. The number of aromatic amines is 1. The minimum absolute atomic E-state index is 0.166. The van der Waals surface area contributed by atoms with Gasteiger partial charge in [-0.15, -0.1) is 0 Å². The molecule has 0 saturated carbocycles. The summed E-state index contributed by atoms with van der Waals surface area (Å²) >= 11 is 0. The number of aromatic nitrogens is 2. The number of benzene rings is 1. The minimum Gasteiger partial charge on any atom is -0.307 e. The van der Waals surface area contributed by atoms with Crippen LogP contribution >= 0.6 is 0 Å². The van der Waals surface area contributed by atoms with Gasteiger partial charge in [-0.25, -0.2) is 13.1 Å². The number of H-pyrrole nitrogens is 1. The van der Waals surface area contributed by atoms with Gasteiger partial charge in [-0.05, 0) is 56.5 Å². The largest absolute Gasteiger partial charge is 0.307 e. The second-order valence-corrected chi connectivity index (χ2v) is 7.86. The van der Waals surface area contributed by atoms with Gasteiger partial charge in [0.15, 0.2) is 0 Å². The van der Waals surface area contributed by atoms with E-state index in [0.717, 1.165) is 24.8 Å². The molecular weight excluding hydrogens is 312 g/mol. The lowest BCUT2D eigenvalue weighted by Gasteiger charge is -2.26. The zero-order valence-electron chi connectivity index (χ0n) is 13.3. The fourth-order valence-electron chi connectivity index (χ4n) is 3.06. The monoisotopic (exact) mass is 334 g/mol. The third-order valence-electron chi connectivity index (χ3n) is 4.46. The van der Waals surface area contributed by atoms with Gasteiger partial charge in [0.05, 0.1) is 11.1 Å². The van der Waals surface area contributed by atoms with Crippen LogP contribution in [0.3, 0.4) is 0 Å². The first kappa shape index (κ1) is 16.2. The predicted octanol–water partition coefficient (Wildman–Crippen LogP) is 1.53. The maximum Gasteiger partial charge on any atom is 0.240 e. The van der Waals surface area contributed by atoms with Gasteiger partial charge >= 0.3 is 0 Å². The van der Waals surface area contributed by atoms with Crippen LogP contribution in [0.2, 0.25) is 0 Å². The molecule has 1 aromatic carbocycles. The van der Waals surface area contributed by atoms with E-state index in [1.54, 1.807) is 12.1 Å². The van der Waals surface area contributed by atoms with Gasteiger partial charge in [0.25, 0.3) is 0 Å². The molecule has 1 aliphatic rings. The van der Waals surface area contributed by atoms with Crippen molar-refractivity contribution < 1.29 is 8.42 Å². The Bertz CT molecular complexity index is 768. The molecule has 3 N–H and O–H groups in total. The molecule has 7 heteroatoms. The number of rotatable bonds is 5. The maximum atomic E-state index is 11.8. The predicted molar refractivity (Wildman–Crippen MR) is 88.6 cm³/mol. The number of hydrogen-bond donors (Lipinski definition) is 3. The van der Waals surface area contributed by atoms with E-state index in [0.29, 0.717) is 6.04 Å². The number of nitrogens with one attached hydrogen (secondary N) is 3. The lowest BCUT2D eigenvalue weighted by molar-refractivity contribution is 0.412. The quantitative estimate of drug-likeness (QED) is 0.774. The molecule has 3 rings (SSSR count). The highest BCUT2D eigenvalue weighted by Gasteiger charge is 2.21. The zero-order chi connectivity index (χ0) is 16.4. The van der Waals surface area contributed by atoms with Crippen molar-refractivity contribution in [2.45, 2.75) is 43.2 Å². The Labute approximate surface area is 136 Å². The molecular formula is C16H22N4O2S. The molecule has 1 aliphatic carbocycles. The zero-order valence-corrected chi connectivity index (χ0v) is 14.2. The lowest BCUT2D eigenvalue weighted by atomic mass is 9.92. The van der Waals surface area contributed by atoms with Crippen LogP contribution in [0.4, 0.5) is 0 Å². The Hall–Kier alpha value is -1.70. The van der Waals surface area contributed by atoms with Crippen LogP contribution in [0, 0.1) is 0 Å². The molecule has 6 nitrogen and oxygen atoms in total. The summed E-state index contributed by atoms with van der Waals surface area (Å²) in [4.78, 5) is 0.289. The summed E-state index contributed by atoms with van der Waals surface area (Å²) in [5.41, 5.74) is 3.62. The SMILES string of the molecule is CNS(=O)(=O)c1ccc([C@H](C)N[C@H]2CCc3[nH]ncc3C2)cc1. The summed E-state index contributed by atoms with van der Waals surface area (Å²) in [5.74, 6) is 0. The third kappa shape index (κ3) is 3.46. The summed E-state index contributed by atoms with van der Waals surface area (Å²) in [7, 11) is -1.96. The van der Waals surface area contributed by atoms with Gasteiger partial charge < -0.3 is 5.32 Å². The molecule has 2 atom stereocenters. The molecule has 0 radical (unpaired) electrons. The topological polar surface area (TPSA) is 86.9 Å². The van der Waals surface area contributed by atoms with E-state index in [4.69, 9.17) is 0 Å². The van der Waals surface area contributed by atoms with E-state index in [9.17, 15) is 8.42 Å². The Balaban J connectivity index is 1.66. The van der Waals surface area contributed by atoms with Crippen LogP contribution in [0.5, 0.6) is 0 Å². The standard InChI is InChI=1S/C16H22N4O2S/c1-11(12-3-6-15(7-4-12)23(21,22)17-2)19-14-5-8-16-13(9-14)10-18-20-16/h3-4,6-7,10-11,14,17,19H,5,8-9H2,1-2H3,(H,18,20)/t11-,14-/m0/s1. The van der Waals surface area contributed by atoms with Crippen molar-refractivity contribution >= 4 is 10.0 Å². The Kier molecular flexibility index (Phi) is 4.52. The first-order valence-corrected chi connectivity index (χ1v) is 9.28. The number of sulfonamides is 1. The van der Waals surface area contributed by atoms with Crippen molar-refractivity contribution in [2.24, 2.45) is 0 Å². The summed E-state index contributed by atoms with van der Waals surface area (Å²) in [6.45, 7) is 2.10. The maximum absolute atomic E-state index is 11.8. The van der Waals surface area contributed by atoms with Crippen molar-refractivity contribution in [3.63, 3.8) is 0 Å². The van der Waals surface area contributed by atoms with Crippen LogP contribution in [-0.4, -0.2) is 31.7 Å². The van der Waals surface area contributed by atoms with E-state index in [2.05, 4.69) is 27.2 Å². The number of nitrogens with zero attached hydrogens (tertiary/aromatic N) is 1. The number of fused-ring (bicyclic) bond motifs is 1. The molecule has 23 heavy (non-hydrogen) atoms. The van der Waals surface area contributed by atoms with Crippen molar-refractivity contribution in [3.05, 3.63) is 47.3 Å². The minimum atomic E-state index is -3.38. The first-order chi connectivity index (χ1) is 11.0. The van der Waals surface area contributed by atoms with E-state index in [1.165, 1.54) is 18.3 Å². The Morgan fingerprint density at radius 2 is 2.04 bits per heavy atom. The highest BCUT2D eigenvalue weighted by Crippen LogP contribution is 2.22. The molecule has 1 heterocycles. The van der Waals surface area contributed by atoms with Gasteiger partial charge in [-0.2, -0.15) is 5.10 Å². The van der Waals surface area contributed by atoms with E-state index >= 15 is 0 Å². The smallest absolute Gasteiger partial charge is 0.240 e. The average molecular weight is 334 g/mol. The van der Waals surface area contributed by atoms with E-state index in [1.807, 2.05) is 18.3 Å². The van der Waals surface area contributed by atoms with Crippen LogP contribution in [0.1, 0.15) is 36.2 Å². The Morgan fingerprint density at radius 3 is 2.74 bits per heavy atom. The fraction of sp³-hybridized carbons (Fsp3) is 0.438. The second kappa shape index (κ2) is 6.43. The highest BCUT2D eigenvalue weighted by atomic mass is 32.2. The van der Waals surface area contributed by atoms with Gasteiger partial charge in [0, 0.05) is 17.8 Å². The molecule has 1 aromatic heterocycles. The molecule has 0 saturated heterocycles. The van der Waals surface area contributed by atoms with Crippen molar-refractivity contribution in [1.29, 1.82) is 0 Å². The second-order valence-electron chi connectivity index (χ2n) is 5.98. The number of aryl methyl sites for hydroxylation is 1. The highest BCUT2D eigenvalue weighted by molar-refractivity contribution is 7.89. The van der Waals surface area contributed by atoms with Crippen LogP contribution in [-0.2, 0) is 22.9 Å². The normalized spacial score (nSPS) is 19.3. The van der Waals surface area contributed by atoms with Gasteiger partial charge in [0.2, 0.25) is 10.0 Å². The van der Waals surface area contributed by atoms with Crippen LogP contribution in [0.25, 0.3) is 0 Å². The van der Waals surface area contributed by atoms with Gasteiger partial charge in [0.1, 0.15) is 0 Å². The summed E-state index contributed by atoms with van der Waals surface area (Å²) < 4.78 is 25.8. The molecule has 0 fully saturated rings. The fourth-order valence-corrected chi connectivity index (χ4v) is 3.79. The first-order valence-electron chi connectivity index (χ1n) is 7.80. The molecule has 0 amide bonds. The van der Waals surface area contributed by atoms with Gasteiger partial charge in [-0.1, -0.05) is 12.1 Å². The lowest BCUT2D eigenvalue weighted by Crippen LogP contribution is -2.36. The molecule has 0 spiro atoms. The molecule has 2 aromatic rings. The molecule has 0 aliphatic heterocycles. The van der Waals surface area contributed by atoms with Crippen molar-refractivity contribution in [2.75, 3.05) is 7.05 Å². The number of hydrogen-bond acceptors (Lipinski definition) is 4. The molecule has 0 unspecified atom stereocenters. The Morgan fingerprint density at radius 1 is 1.30 bits per heavy atom. The molecule has 0 bridgehead atoms. The van der Waals surface area contributed by atoms with Gasteiger partial charge in [-0.3, -0.25) is 5.10 Å². The summed E-state index contributed by atoms with van der Waals surface area (Å²) in [5, 5.41) is 10.8. The molecule has 124 valence electrons. The van der Waals surface area contributed by atoms with E-state index < -0.39 is 10.0 Å². The van der Waals surface area contributed by atoms with Crippen molar-refractivity contribution in [1.82, 2.24) is 20.2 Å². The van der Waals surface area contributed by atoms with E-state index in [-0.39, 0.29) is 10.9 Å². The van der Waals surface area contributed by atoms with Crippen LogP contribution < -0.4 is 10.0 Å². The van der Waals surface area contributed by atoms with Crippen molar-refractivity contribution in [3.8, 4) is 0 Å². The average Bonchev–Trinajstić information content (AvgIpc) is 3.02.